The third kappa shape index (κ3) is 2.34. The Bertz CT molecular complexity index is 421. The van der Waals surface area contributed by atoms with Gasteiger partial charge in [0.2, 0.25) is 0 Å². The summed E-state index contributed by atoms with van der Waals surface area (Å²) in [5.41, 5.74) is 5.66. The maximum Gasteiger partial charge on any atom is 0.274 e. The van der Waals surface area contributed by atoms with Crippen LogP contribution >= 0.6 is 0 Å². The molecule has 0 unspecified atom stereocenters. The molecule has 0 fully saturated rings. The fraction of sp³-hybridized carbons (Fsp3) is 0.500. The number of fused-ring (bicyclic) bond motifs is 1. The first kappa shape index (κ1) is 12.1. The van der Waals surface area contributed by atoms with Crippen molar-refractivity contribution in [3.8, 4) is 11.5 Å². The number of nitrogens with two attached hydrogens (primary N) is 1. The summed E-state index contributed by atoms with van der Waals surface area (Å²) in [6, 6.07) is 2.95. The van der Waals surface area contributed by atoms with Gasteiger partial charge >= 0.3 is 0 Å². The second kappa shape index (κ2) is 4.49. The van der Waals surface area contributed by atoms with Crippen LogP contribution in [-0.2, 0) is 5.92 Å². The number of aryl methyl sites for hydroxylation is 1. The minimum absolute atomic E-state index is 0.0350. The van der Waals surface area contributed by atoms with E-state index in [-0.39, 0.29) is 18.5 Å². The standard InChI is InChI=1S/C12H15F2NO2/c1-8-6-10-11(17-5-4-16-10)7-9(8)12(13,14)2-3-15/h6-7H,2-5,15H2,1H3. The van der Waals surface area contributed by atoms with Crippen molar-refractivity contribution in [1.29, 1.82) is 0 Å². The molecule has 1 aliphatic rings. The van der Waals surface area contributed by atoms with E-state index in [0.717, 1.165) is 0 Å². The molecule has 17 heavy (non-hydrogen) atoms. The quantitative estimate of drug-likeness (QED) is 0.885. The van der Waals surface area contributed by atoms with Gasteiger partial charge < -0.3 is 15.2 Å². The number of rotatable bonds is 3. The van der Waals surface area contributed by atoms with Crippen LogP contribution in [-0.4, -0.2) is 19.8 Å². The van der Waals surface area contributed by atoms with Crippen LogP contribution in [0.25, 0.3) is 0 Å². The maximum absolute atomic E-state index is 13.8. The summed E-state index contributed by atoms with van der Waals surface area (Å²) in [5.74, 6) is -2.01. The van der Waals surface area contributed by atoms with Gasteiger partial charge in [-0.1, -0.05) is 0 Å². The SMILES string of the molecule is Cc1cc2c(cc1C(F)(F)CCN)OCCO2. The van der Waals surface area contributed by atoms with Crippen molar-refractivity contribution in [1.82, 2.24) is 0 Å². The van der Waals surface area contributed by atoms with E-state index in [9.17, 15) is 8.78 Å². The molecule has 2 N–H and O–H groups in total. The molecule has 0 aliphatic carbocycles. The van der Waals surface area contributed by atoms with Crippen LogP contribution in [0.1, 0.15) is 17.5 Å². The zero-order valence-electron chi connectivity index (χ0n) is 9.63. The van der Waals surface area contributed by atoms with Gasteiger partial charge in [-0.15, -0.1) is 0 Å². The van der Waals surface area contributed by atoms with Gasteiger partial charge in [0, 0.05) is 12.0 Å². The molecule has 5 heteroatoms. The van der Waals surface area contributed by atoms with Crippen LogP contribution in [0.15, 0.2) is 12.1 Å². The molecule has 0 radical (unpaired) electrons. The van der Waals surface area contributed by atoms with E-state index >= 15 is 0 Å². The van der Waals surface area contributed by atoms with Gasteiger partial charge in [0.05, 0.1) is 0 Å². The smallest absolute Gasteiger partial charge is 0.274 e. The van der Waals surface area contributed by atoms with Gasteiger partial charge in [0.25, 0.3) is 5.92 Å². The molecule has 0 bridgehead atoms. The van der Waals surface area contributed by atoms with Gasteiger partial charge in [0.1, 0.15) is 13.2 Å². The lowest BCUT2D eigenvalue weighted by molar-refractivity contribution is -0.0117. The number of ether oxygens (including phenoxy) is 2. The van der Waals surface area contributed by atoms with Crippen molar-refractivity contribution in [2.24, 2.45) is 5.73 Å². The summed E-state index contributed by atoms with van der Waals surface area (Å²) in [5, 5.41) is 0. The number of alkyl halides is 2. The maximum atomic E-state index is 13.8. The van der Waals surface area contributed by atoms with Crippen molar-refractivity contribution in [2.45, 2.75) is 19.3 Å². The molecule has 94 valence electrons. The Kier molecular flexibility index (Phi) is 3.19. The van der Waals surface area contributed by atoms with Crippen LogP contribution in [0, 0.1) is 6.92 Å². The lowest BCUT2D eigenvalue weighted by Crippen LogP contribution is -2.21. The largest absolute Gasteiger partial charge is 0.486 e. The molecule has 0 saturated carbocycles. The topological polar surface area (TPSA) is 44.5 Å². The first-order chi connectivity index (χ1) is 8.04. The summed E-state index contributed by atoms with van der Waals surface area (Å²) in [6.07, 6.45) is -0.368. The fourth-order valence-corrected chi connectivity index (χ4v) is 1.90. The van der Waals surface area contributed by atoms with Gasteiger partial charge in [-0.25, -0.2) is 8.78 Å². The molecule has 3 nitrogen and oxygen atoms in total. The minimum Gasteiger partial charge on any atom is -0.486 e. The Balaban J connectivity index is 2.41. The predicted octanol–water partition coefficient (Wildman–Crippen LogP) is 2.21. The second-order valence-corrected chi connectivity index (χ2v) is 4.05. The molecular weight excluding hydrogens is 228 g/mol. The Morgan fingerprint density at radius 1 is 1.24 bits per heavy atom. The van der Waals surface area contributed by atoms with E-state index in [2.05, 4.69) is 0 Å². The summed E-state index contributed by atoms with van der Waals surface area (Å²) in [7, 11) is 0. The van der Waals surface area contributed by atoms with Crippen LogP contribution in [0.4, 0.5) is 8.78 Å². The van der Waals surface area contributed by atoms with Crippen LogP contribution in [0.2, 0.25) is 0 Å². The average molecular weight is 243 g/mol. The average Bonchev–Trinajstić information content (AvgIpc) is 2.27. The van der Waals surface area contributed by atoms with Gasteiger partial charge in [-0.3, -0.25) is 0 Å². The molecule has 0 aromatic heterocycles. The van der Waals surface area contributed by atoms with E-state index in [4.69, 9.17) is 15.2 Å². The van der Waals surface area contributed by atoms with Gasteiger partial charge in [0.15, 0.2) is 11.5 Å². The summed E-state index contributed by atoms with van der Waals surface area (Å²) in [6.45, 7) is 2.42. The van der Waals surface area contributed by atoms with Crippen LogP contribution in [0.5, 0.6) is 11.5 Å². The van der Waals surface area contributed by atoms with E-state index in [1.165, 1.54) is 6.07 Å². The highest BCUT2D eigenvalue weighted by molar-refractivity contribution is 5.49. The highest BCUT2D eigenvalue weighted by Gasteiger charge is 2.33. The molecule has 1 aromatic rings. The number of halogens is 2. The molecule has 0 atom stereocenters. The molecular formula is C12H15F2NO2. The molecule has 0 spiro atoms. The first-order valence-electron chi connectivity index (χ1n) is 5.53. The molecule has 1 aromatic carbocycles. The van der Waals surface area contributed by atoms with E-state index in [0.29, 0.717) is 30.3 Å². The Labute approximate surface area is 98.5 Å². The molecule has 2 rings (SSSR count). The third-order valence-corrected chi connectivity index (χ3v) is 2.74. The third-order valence-electron chi connectivity index (χ3n) is 2.74. The van der Waals surface area contributed by atoms with Crippen LogP contribution in [0.3, 0.4) is 0 Å². The lowest BCUT2D eigenvalue weighted by atomic mass is 9.99. The molecule has 0 saturated heterocycles. The van der Waals surface area contributed by atoms with Crippen molar-refractivity contribution < 1.29 is 18.3 Å². The van der Waals surface area contributed by atoms with Gasteiger partial charge in [-0.05, 0) is 31.2 Å². The van der Waals surface area contributed by atoms with E-state index in [1.54, 1.807) is 13.0 Å². The van der Waals surface area contributed by atoms with Gasteiger partial charge in [-0.2, -0.15) is 0 Å². The van der Waals surface area contributed by atoms with Crippen molar-refractivity contribution in [2.75, 3.05) is 19.8 Å². The lowest BCUT2D eigenvalue weighted by Gasteiger charge is -2.23. The first-order valence-corrected chi connectivity index (χ1v) is 5.53. The Morgan fingerprint density at radius 3 is 2.41 bits per heavy atom. The predicted molar refractivity (Wildman–Crippen MR) is 59.7 cm³/mol. The Morgan fingerprint density at radius 2 is 1.82 bits per heavy atom. The van der Waals surface area contributed by atoms with Crippen molar-refractivity contribution in [3.63, 3.8) is 0 Å². The number of benzene rings is 1. The zero-order chi connectivity index (χ0) is 12.5. The molecule has 1 aliphatic heterocycles. The molecule has 1 heterocycles. The zero-order valence-corrected chi connectivity index (χ0v) is 9.63. The van der Waals surface area contributed by atoms with Crippen LogP contribution < -0.4 is 15.2 Å². The Hall–Kier alpha value is -1.36. The summed E-state index contributed by atoms with van der Waals surface area (Å²) >= 11 is 0. The van der Waals surface area contributed by atoms with E-state index < -0.39 is 5.92 Å². The highest BCUT2D eigenvalue weighted by atomic mass is 19.3. The monoisotopic (exact) mass is 243 g/mol. The normalized spacial score (nSPS) is 14.8. The number of hydrogen-bond acceptors (Lipinski definition) is 3. The van der Waals surface area contributed by atoms with Crippen molar-refractivity contribution in [3.05, 3.63) is 23.3 Å². The van der Waals surface area contributed by atoms with Crippen molar-refractivity contribution >= 4 is 0 Å². The minimum atomic E-state index is -2.92. The number of hydrogen-bond donors (Lipinski definition) is 1. The molecule has 0 amide bonds. The summed E-state index contributed by atoms with van der Waals surface area (Å²) in [4.78, 5) is 0. The highest BCUT2D eigenvalue weighted by Crippen LogP contribution is 2.40. The van der Waals surface area contributed by atoms with E-state index in [1.807, 2.05) is 0 Å². The summed E-state index contributed by atoms with van der Waals surface area (Å²) < 4.78 is 38.3. The fourth-order valence-electron chi connectivity index (χ4n) is 1.90. The second-order valence-electron chi connectivity index (χ2n) is 4.05.